The zero-order valence-electron chi connectivity index (χ0n) is 19.5. The Bertz CT molecular complexity index is 766. The third kappa shape index (κ3) is 8.01. The maximum absolute atomic E-state index is 12.6. The largest absolute Gasteiger partial charge is 0.357 e. The van der Waals surface area contributed by atoms with Crippen molar-refractivity contribution in [3.05, 3.63) is 35.4 Å². The van der Waals surface area contributed by atoms with Gasteiger partial charge in [-0.25, -0.2) is 4.99 Å². The molecule has 1 aromatic rings. The van der Waals surface area contributed by atoms with E-state index in [-0.39, 0.29) is 29.9 Å². The molecule has 2 N–H and O–H groups in total. The van der Waals surface area contributed by atoms with Gasteiger partial charge < -0.3 is 15.5 Å². The first kappa shape index (κ1) is 27.1. The van der Waals surface area contributed by atoms with Crippen LogP contribution in [0.3, 0.4) is 0 Å². The third-order valence-corrected chi connectivity index (χ3v) is 7.97. The second-order valence-electron chi connectivity index (χ2n) is 8.54. The van der Waals surface area contributed by atoms with Crippen LogP contribution in [-0.2, 0) is 17.3 Å². The number of rotatable bonds is 7. The molecule has 1 aliphatic heterocycles. The van der Waals surface area contributed by atoms with E-state index in [9.17, 15) is 9.00 Å². The van der Waals surface area contributed by atoms with E-state index in [1.807, 2.05) is 36.1 Å². The first-order chi connectivity index (χ1) is 15.1. The summed E-state index contributed by atoms with van der Waals surface area (Å²) in [7, 11) is -0.726. The fourth-order valence-corrected chi connectivity index (χ4v) is 5.81. The van der Waals surface area contributed by atoms with Gasteiger partial charge in [-0.1, -0.05) is 25.5 Å². The number of piperidine rings is 1. The molecule has 3 unspecified atom stereocenters. The Balaban J connectivity index is 0.00000363. The van der Waals surface area contributed by atoms with Crippen molar-refractivity contribution in [2.45, 2.75) is 76.6 Å². The molecule has 32 heavy (non-hydrogen) atoms. The zero-order valence-corrected chi connectivity index (χ0v) is 22.6. The molecule has 1 amide bonds. The Morgan fingerprint density at radius 2 is 1.81 bits per heavy atom. The highest BCUT2D eigenvalue weighted by Gasteiger charge is 2.26. The van der Waals surface area contributed by atoms with Crippen LogP contribution in [0.2, 0.25) is 0 Å². The zero-order chi connectivity index (χ0) is 22.1. The SMILES string of the molecule is CCNC(=NCc1ccc(C(=O)N2CCCCC2)cc1)NC1CCCC(S(=O)CC)C1.I. The number of hydrogen-bond acceptors (Lipinski definition) is 3. The van der Waals surface area contributed by atoms with Crippen LogP contribution in [0.5, 0.6) is 0 Å². The second-order valence-corrected chi connectivity index (χ2v) is 10.5. The van der Waals surface area contributed by atoms with E-state index in [4.69, 9.17) is 4.99 Å². The Labute approximate surface area is 212 Å². The summed E-state index contributed by atoms with van der Waals surface area (Å²) in [4.78, 5) is 19.4. The summed E-state index contributed by atoms with van der Waals surface area (Å²) >= 11 is 0. The van der Waals surface area contributed by atoms with Crippen LogP contribution < -0.4 is 10.6 Å². The fourth-order valence-electron chi connectivity index (χ4n) is 4.47. The highest BCUT2D eigenvalue weighted by molar-refractivity contribution is 14.0. The van der Waals surface area contributed by atoms with Crippen molar-refractivity contribution < 1.29 is 9.00 Å². The van der Waals surface area contributed by atoms with E-state index in [0.29, 0.717) is 17.8 Å². The number of benzene rings is 1. The fraction of sp³-hybridized carbons (Fsp3) is 0.667. The highest BCUT2D eigenvalue weighted by Crippen LogP contribution is 2.23. The van der Waals surface area contributed by atoms with Crippen molar-refractivity contribution in [3.63, 3.8) is 0 Å². The average molecular weight is 575 g/mol. The Hall–Kier alpha value is -1.16. The maximum atomic E-state index is 12.6. The van der Waals surface area contributed by atoms with E-state index >= 15 is 0 Å². The molecule has 8 heteroatoms. The molecule has 0 radical (unpaired) electrons. The lowest BCUT2D eigenvalue weighted by Gasteiger charge is -2.30. The Kier molecular flexibility index (Phi) is 12.0. The van der Waals surface area contributed by atoms with E-state index in [2.05, 4.69) is 17.6 Å². The van der Waals surface area contributed by atoms with Crippen molar-refractivity contribution in [1.82, 2.24) is 15.5 Å². The van der Waals surface area contributed by atoms with E-state index in [0.717, 1.165) is 81.0 Å². The third-order valence-electron chi connectivity index (χ3n) is 6.23. The summed E-state index contributed by atoms with van der Waals surface area (Å²) < 4.78 is 12.2. The molecular weight excluding hydrogens is 535 g/mol. The summed E-state index contributed by atoms with van der Waals surface area (Å²) in [6.07, 6.45) is 7.65. The normalized spacial score (nSPS) is 22.6. The van der Waals surface area contributed by atoms with Crippen molar-refractivity contribution in [2.75, 3.05) is 25.4 Å². The predicted octanol–water partition coefficient (Wildman–Crippen LogP) is 4.07. The van der Waals surface area contributed by atoms with Crippen LogP contribution in [0, 0.1) is 0 Å². The summed E-state index contributed by atoms with van der Waals surface area (Å²) in [5.74, 6) is 1.69. The van der Waals surface area contributed by atoms with Gasteiger partial charge in [0.2, 0.25) is 0 Å². The lowest BCUT2D eigenvalue weighted by Crippen LogP contribution is -2.46. The Morgan fingerprint density at radius 3 is 2.47 bits per heavy atom. The second kappa shape index (κ2) is 14.2. The lowest BCUT2D eigenvalue weighted by molar-refractivity contribution is 0.0724. The monoisotopic (exact) mass is 574 g/mol. The molecule has 0 spiro atoms. The molecule has 180 valence electrons. The molecule has 0 bridgehead atoms. The number of nitrogens with zero attached hydrogens (tertiary/aromatic N) is 2. The molecular formula is C24H39IN4O2S. The minimum absolute atomic E-state index is 0. The quantitative estimate of drug-likeness (QED) is 0.293. The van der Waals surface area contributed by atoms with Crippen LogP contribution in [0.1, 0.15) is 74.7 Å². The number of nitrogens with one attached hydrogen (secondary N) is 2. The molecule has 1 heterocycles. The van der Waals surface area contributed by atoms with Crippen LogP contribution in [0.15, 0.2) is 29.3 Å². The van der Waals surface area contributed by atoms with Gasteiger partial charge in [0.1, 0.15) is 0 Å². The van der Waals surface area contributed by atoms with Gasteiger partial charge in [-0.05, 0) is 63.1 Å². The van der Waals surface area contributed by atoms with Crippen LogP contribution in [0.25, 0.3) is 0 Å². The molecule has 1 saturated carbocycles. The van der Waals surface area contributed by atoms with Crippen molar-refractivity contribution in [2.24, 2.45) is 4.99 Å². The van der Waals surface area contributed by atoms with Crippen LogP contribution in [-0.4, -0.2) is 57.7 Å². The molecule has 3 atom stereocenters. The highest BCUT2D eigenvalue weighted by atomic mass is 127. The van der Waals surface area contributed by atoms with Gasteiger partial charge >= 0.3 is 0 Å². The minimum atomic E-state index is -0.726. The van der Waals surface area contributed by atoms with Gasteiger partial charge in [0.15, 0.2) is 5.96 Å². The van der Waals surface area contributed by atoms with Gasteiger partial charge in [-0.2, -0.15) is 0 Å². The smallest absolute Gasteiger partial charge is 0.253 e. The number of guanidine groups is 1. The molecule has 1 aliphatic carbocycles. The molecule has 3 rings (SSSR count). The van der Waals surface area contributed by atoms with Crippen LogP contribution in [0.4, 0.5) is 0 Å². The standard InChI is InChI=1S/C24H38N4O2S.HI/c1-3-25-24(27-21-9-8-10-22(17-21)31(30)4-2)26-18-19-11-13-20(14-12-19)23(29)28-15-6-5-7-16-28;/h11-14,21-22H,3-10,15-18H2,1-2H3,(H2,25,26,27);1H. The molecule has 2 aliphatic rings. The predicted molar refractivity (Wildman–Crippen MR) is 144 cm³/mol. The summed E-state index contributed by atoms with van der Waals surface area (Å²) in [6, 6.07) is 8.18. The summed E-state index contributed by atoms with van der Waals surface area (Å²) in [5, 5.41) is 7.18. The Morgan fingerprint density at radius 1 is 1.09 bits per heavy atom. The minimum Gasteiger partial charge on any atom is -0.357 e. The van der Waals surface area contributed by atoms with Gasteiger partial charge in [0.25, 0.3) is 5.91 Å². The molecule has 0 aromatic heterocycles. The molecule has 6 nitrogen and oxygen atoms in total. The lowest BCUT2D eigenvalue weighted by atomic mass is 9.95. The van der Waals surface area contributed by atoms with E-state index in [1.54, 1.807) is 0 Å². The van der Waals surface area contributed by atoms with Gasteiger partial charge in [0.05, 0.1) is 6.54 Å². The van der Waals surface area contributed by atoms with Crippen LogP contribution >= 0.6 is 24.0 Å². The summed E-state index contributed by atoms with van der Waals surface area (Å²) in [5.41, 5.74) is 1.85. The van der Waals surface area contributed by atoms with Crippen molar-refractivity contribution in [3.8, 4) is 0 Å². The van der Waals surface area contributed by atoms with Crippen molar-refractivity contribution in [1.29, 1.82) is 0 Å². The number of likely N-dealkylation sites (tertiary alicyclic amines) is 1. The number of hydrogen-bond donors (Lipinski definition) is 2. The first-order valence-electron chi connectivity index (χ1n) is 11.9. The summed E-state index contributed by atoms with van der Waals surface area (Å²) in [6.45, 7) is 7.17. The van der Waals surface area contributed by atoms with Crippen molar-refractivity contribution >= 4 is 46.6 Å². The number of amides is 1. The number of aliphatic imine (C=N–C) groups is 1. The first-order valence-corrected chi connectivity index (χ1v) is 13.3. The average Bonchev–Trinajstić information content (AvgIpc) is 2.83. The molecule has 2 fully saturated rings. The number of halogens is 1. The molecule has 1 saturated heterocycles. The number of carbonyl (C=O) groups excluding carboxylic acids is 1. The number of carbonyl (C=O) groups is 1. The maximum Gasteiger partial charge on any atom is 0.253 e. The molecule has 1 aromatic carbocycles. The van der Waals surface area contributed by atoms with Gasteiger partial charge in [0, 0.05) is 53.0 Å². The van der Waals surface area contributed by atoms with Gasteiger partial charge in [-0.15, -0.1) is 24.0 Å². The van der Waals surface area contributed by atoms with Gasteiger partial charge in [-0.3, -0.25) is 9.00 Å². The van der Waals surface area contributed by atoms with E-state index in [1.165, 1.54) is 6.42 Å². The van der Waals surface area contributed by atoms with E-state index < -0.39 is 10.8 Å². The topological polar surface area (TPSA) is 73.8 Å².